The first-order valence-corrected chi connectivity index (χ1v) is 20.8. The summed E-state index contributed by atoms with van der Waals surface area (Å²) in [6.45, 7) is 3.28. The van der Waals surface area contributed by atoms with Crippen molar-refractivity contribution in [2.75, 3.05) is 74.6 Å². The standard InChI is InChI=1S/C12H20N2S2.3C2H6OS.2ClHO4.Zn/c1-15-9-7-14(8-10-16-2)11-12-5-3-4-6-13-12;3*1-4(2)3;2*2-1(3,4)5;/h3-6H,7-11H2,1-2H3;3*1-2H3;2*(H,2,3,4,5);/q;;;;;;+2/p-2. The van der Waals surface area contributed by atoms with Crippen molar-refractivity contribution in [2.24, 2.45) is 0 Å². The fourth-order valence-electron chi connectivity index (χ4n) is 1.43. The van der Waals surface area contributed by atoms with Crippen LogP contribution in [0.25, 0.3) is 0 Å². The maximum Gasteiger partial charge on any atom is 2.00 e. The van der Waals surface area contributed by atoms with E-state index in [2.05, 4.69) is 34.5 Å². The van der Waals surface area contributed by atoms with Gasteiger partial charge in [0, 0.05) is 107 Å². The third-order valence-electron chi connectivity index (χ3n) is 2.34. The maximum atomic E-state index is 9.56. The second kappa shape index (κ2) is 35.3. The van der Waals surface area contributed by atoms with Crippen LogP contribution in [0.2, 0.25) is 0 Å². The average molecular weight is 755 g/mol. The van der Waals surface area contributed by atoms with Gasteiger partial charge < -0.3 is 0 Å². The van der Waals surface area contributed by atoms with Gasteiger partial charge in [-0.25, -0.2) is 37.3 Å². The number of thioether (sulfide) groups is 2. The van der Waals surface area contributed by atoms with E-state index in [9.17, 15) is 12.6 Å². The summed E-state index contributed by atoms with van der Waals surface area (Å²) in [6.07, 6.45) is 16.0. The van der Waals surface area contributed by atoms with E-state index in [-0.39, 0.29) is 19.5 Å². The summed E-state index contributed by atoms with van der Waals surface area (Å²) in [5.74, 6) is 2.39. The molecule has 21 heteroatoms. The Morgan fingerprint density at radius 2 is 1.00 bits per heavy atom. The van der Waals surface area contributed by atoms with Crippen molar-refractivity contribution in [1.29, 1.82) is 0 Å². The molecule has 1 aromatic rings. The van der Waals surface area contributed by atoms with E-state index in [4.69, 9.17) is 37.3 Å². The van der Waals surface area contributed by atoms with Crippen LogP contribution < -0.4 is 37.3 Å². The molecule has 0 radical (unpaired) electrons. The summed E-state index contributed by atoms with van der Waals surface area (Å²) >= 11 is 3.81. The van der Waals surface area contributed by atoms with Crippen LogP contribution in [0, 0.1) is 20.5 Å². The van der Waals surface area contributed by atoms with Crippen molar-refractivity contribution in [3.05, 3.63) is 30.1 Å². The van der Waals surface area contributed by atoms with Gasteiger partial charge in [0.05, 0.1) is 5.69 Å². The molecular weight excluding hydrogens is 717 g/mol. The Labute approximate surface area is 265 Å². The van der Waals surface area contributed by atoms with E-state index >= 15 is 0 Å². The van der Waals surface area contributed by atoms with Crippen LogP contribution in [-0.2, 0) is 58.4 Å². The second-order valence-corrected chi connectivity index (χ2v) is 14.5. The average Bonchev–Trinajstić information content (AvgIpc) is 2.67. The smallest absolute Gasteiger partial charge is 0.296 e. The molecule has 0 aliphatic carbocycles. The molecule has 1 heterocycles. The number of halogens is 2. The number of aromatic nitrogens is 1. The van der Waals surface area contributed by atoms with Gasteiger partial charge in [0.1, 0.15) is 0 Å². The Kier molecular flexibility index (Phi) is 47.8. The largest absolute Gasteiger partial charge is 2.00 e. The number of hydrogen-bond acceptors (Lipinski definition) is 15. The number of hydrogen-bond donors (Lipinski definition) is 0. The van der Waals surface area contributed by atoms with Crippen molar-refractivity contribution in [3.63, 3.8) is 0 Å². The van der Waals surface area contributed by atoms with Gasteiger partial charge in [-0.15, -0.1) is 20.5 Å². The van der Waals surface area contributed by atoms with Crippen LogP contribution >= 0.6 is 23.5 Å². The van der Waals surface area contributed by atoms with Gasteiger partial charge in [0.15, 0.2) is 0 Å². The molecule has 0 amide bonds. The van der Waals surface area contributed by atoms with Crippen molar-refractivity contribution >= 4 is 55.9 Å². The molecule has 0 aliphatic heterocycles. The molecule has 0 aliphatic rings. The van der Waals surface area contributed by atoms with Crippen LogP contribution in [0.5, 0.6) is 0 Å². The molecule has 0 aromatic carbocycles. The number of rotatable bonds is 8. The molecule has 0 N–H and O–H groups in total. The molecule has 0 atom stereocenters. The topological polar surface area (TPSA) is 252 Å². The molecule has 39 heavy (non-hydrogen) atoms. The first-order valence-electron chi connectivity index (χ1n) is 9.65. The van der Waals surface area contributed by atoms with E-state index in [1.54, 1.807) is 37.5 Å². The summed E-state index contributed by atoms with van der Waals surface area (Å²) in [6, 6.07) is 6.13. The fourth-order valence-corrected chi connectivity index (χ4v) is 2.31. The van der Waals surface area contributed by atoms with Crippen LogP contribution in [-0.4, -0.2) is 97.2 Å². The summed E-state index contributed by atoms with van der Waals surface area (Å²) in [5.41, 5.74) is 1.17. The summed E-state index contributed by atoms with van der Waals surface area (Å²) in [7, 11) is -11.7. The molecule has 0 bridgehead atoms. The number of nitrogens with zero attached hydrogens (tertiary/aromatic N) is 2. The van der Waals surface area contributed by atoms with Crippen LogP contribution in [0.1, 0.15) is 5.69 Å². The van der Waals surface area contributed by atoms with Gasteiger partial charge in [-0.1, -0.05) is 6.07 Å². The fraction of sp³-hybridized carbons (Fsp3) is 0.722. The minimum Gasteiger partial charge on any atom is -0.296 e. The van der Waals surface area contributed by atoms with E-state index in [1.165, 1.54) is 17.2 Å². The Morgan fingerprint density at radius 1 is 0.718 bits per heavy atom. The minimum absolute atomic E-state index is 0. The third kappa shape index (κ3) is 121. The predicted octanol–water partition coefficient (Wildman–Crippen LogP) is -6.92. The monoisotopic (exact) mass is 752 g/mol. The van der Waals surface area contributed by atoms with E-state index in [1.807, 2.05) is 35.8 Å². The van der Waals surface area contributed by atoms with Crippen LogP contribution in [0.3, 0.4) is 0 Å². The van der Waals surface area contributed by atoms with Crippen LogP contribution in [0.4, 0.5) is 0 Å². The van der Waals surface area contributed by atoms with Crippen molar-refractivity contribution < 1.29 is 89.9 Å². The molecule has 1 rings (SSSR count). The zero-order valence-corrected chi connectivity index (χ0v) is 31.8. The van der Waals surface area contributed by atoms with Gasteiger partial charge in [0.25, 0.3) is 0 Å². The Balaban J connectivity index is -0.0000000980. The van der Waals surface area contributed by atoms with Crippen LogP contribution in [0.15, 0.2) is 24.4 Å². The minimum atomic E-state index is -4.94. The maximum absolute atomic E-state index is 9.56. The molecule has 13 nitrogen and oxygen atoms in total. The van der Waals surface area contributed by atoms with Gasteiger partial charge >= 0.3 is 19.5 Å². The SMILES string of the molecule is CS(C)=O.CS(C)=O.CS(C)=O.CSCCN(CCSC)Cc1ccccn1.[O-][Cl+3]([O-])([O-])[O-].[O-][Cl+3]([O-])([O-])[O-].[Zn+2]. The Morgan fingerprint density at radius 3 is 1.21 bits per heavy atom. The summed E-state index contributed by atoms with van der Waals surface area (Å²) < 4.78 is 96.6. The molecule has 0 saturated carbocycles. The summed E-state index contributed by atoms with van der Waals surface area (Å²) in [5, 5.41) is 0. The molecule has 0 fully saturated rings. The zero-order valence-electron chi connectivity index (χ0n) is 23.2. The Bertz CT molecular complexity index is 636. The molecule has 0 unspecified atom stereocenters. The predicted molar refractivity (Wildman–Crippen MR) is 136 cm³/mol. The van der Waals surface area contributed by atoms with Gasteiger partial charge in [-0.05, 0) is 24.6 Å². The normalized spacial score (nSPS) is 10.3. The quantitative estimate of drug-likeness (QED) is 0.224. The zero-order chi connectivity index (χ0) is 31.4. The van der Waals surface area contributed by atoms with E-state index in [0.29, 0.717) is 0 Å². The third-order valence-corrected chi connectivity index (χ3v) is 3.52. The molecule has 0 saturated heterocycles. The van der Waals surface area contributed by atoms with E-state index < -0.39 is 52.9 Å². The van der Waals surface area contributed by atoms with Crippen molar-refractivity contribution in [1.82, 2.24) is 9.88 Å². The molecular formula is C18H38Cl2N2O11S5Zn. The molecule has 0 spiro atoms. The first-order chi connectivity index (χ1) is 17.1. The summed E-state index contributed by atoms with van der Waals surface area (Å²) in [4.78, 5) is 6.86. The van der Waals surface area contributed by atoms with Crippen molar-refractivity contribution in [2.45, 2.75) is 6.54 Å². The second-order valence-electron chi connectivity index (χ2n) is 6.56. The van der Waals surface area contributed by atoms with Gasteiger partial charge in [0.2, 0.25) is 0 Å². The molecule has 1 aromatic heterocycles. The van der Waals surface area contributed by atoms with Gasteiger partial charge in [-0.3, -0.25) is 22.5 Å². The molecule has 232 valence electrons. The van der Waals surface area contributed by atoms with E-state index in [0.717, 1.165) is 19.6 Å². The Hall–Kier alpha value is 1.14. The van der Waals surface area contributed by atoms with Gasteiger partial charge in [-0.2, -0.15) is 23.5 Å². The first kappa shape index (κ1) is 52.8. The van der Waals surface area contributed by atoms with Crippen molar-refractivity contribution in [3.8, 4) is 0 Å². The number of pyridine rings is 1.